The summed E-state index contributed by atoms with van der Waals surface area (Å²) in [5.41, 5.74) is 0.681. The van der Waals surface area contributed by atoms with Crippen LogP contribution in [0.2, 0.25) is 0 Å². The molecule has 2 bridgehead atoms. The zero-order valence-electron chi connectivity index (χ0n) is 10.8. The third-order valence-electron chi connectivity index (χ3n) is 4.21. The van der Waals surface area contributed by atoms with Crippen molar-refractivity contribution in [3.63, 3.8) is 0 Å². The lowest BCUT2D eigenvalue weighted by Gasteiger charge is -2.37. The molecule has 0 saturated carbocycles. The van der Waals surface area contributed by atoms with Crippen LogP contribution in [0.25, 0.3) is 0 Å². The fraction of sp³-hybridized carbons (Fsp3) is 0.643. The normalized spacial score (nSPS) is 30.8. The first-order valence-electron chi connectivity index (χ1n) is 6.64. The Morgan fingerprint density at radius 3 is 2.44 bits per heavy atom. The number of carbonyl (C=O) groups is 1. The SMILES string of the molecule is Cc1cc(C(=O)N2C3CCC2CC(O)C3)c(C)o1. The molecule has 3 rings (SSSR count). The van der Waals surface area contributed by atoms with Gasteiger partial charge in [0.15, 0.2) is 0 Å². The molecule has 2 fully saturated rings. The minimum Gasteiger partial charge on any atom is -0.466 e. The second-order valence-electron chi connectivity index (χ2n) is 5.55. The first-order chi connectivity index (χ1) is 8.56. The highest BCUT2D eigenvalue weighted by atomic mass is 16.3. The number of amides is 1. The fourth-order valence-electron chi connectivity index (χ4n) is 3.46. The predicted molar refractivity (Wildman–Crippen MR) is 66.4 cm³/mol. The number of aliphatic hydroxyl groups is 1. The van der Waals surface area contributed by atoms with Crippen LogP contribution in [0.5, 0.6) is 0 Å². The standard InChI is InChI=1S/C14H19NO3/c1-8-5-13(9(2)18-8)14(17)15-10-3-4-11(15)7-12(16)6-10/h5,10-12,16H,3-4,6-7H2,1-2H3. The van der Waals surface area contributed by atoms with Gasteiger partial charge in [0.2, 0.25) is 0 Å². The molecule has 1 amide bonds. The third-order valence-corrected chi connectivity index (χ3v) is 4.21. The molecule has 2 aliphatic heterocycles. The van der Waals surface area contributed by atoms with Crippen LogP contribution in [-0.4, -0.2) is 34.1 Å². The van der Waals surface area contributed by atoms with Crippen molar-refractivity contribution in [2.75, 3.05) is 0 Å². The van der Waals surface area contributed by atoms with E-state index in [1.807, 2.05) is 24.8 Å². The number of hydrogen-bond acceptors (Lipinski definition) is 3. The lowest BCUT2D eigenvalue weighted by Crippen LogP contribution is -2.48. The van der Waals surface area contributed by atoms with Gasteiger partial charge < -0.3 is 14.4 Å². The van der Waals surface area contributed by atoms with E-state index in [0.29, 0.717) is 11.3 Å². The highest BCUT2D eigenvalue weighted by molar-refractivity contribution is 5.96. The second-order valence-corrected chi connectivity index (χ2v) is 5.55. The average Bonchev–Trinajstić information content (AvgIpc) is 2.76. The number of carbonyl (C=O) groups excluding carboxylic acids is 1. The highest BCUT2D eigenvalue weighted by Gasteiger charge is 2.43. The Kier molecular flexibility index (Phi) is 2.70. The van der Waals surface area contributed by atoms with Crippen molar-refractivity contribution in [1.82, 2.24) is 4.90 Å². The van der Waals surface area contributed by atoms with E-state index in [1.165, 1.54) is 0 Å². The Morgan fingerprint density at radius 1 is 1.33 bits per heavy atom. The summed E-state index contributed by atoms with van der Waals surface area (Å²) in [6, 6.07) is 2.24. The van der Waals surface area contributed by atoms with Gasteiger partial charge in [-0.05, 0) is 45.6 Å². The molecule has 0 spiro atoms. The van der Waals surface area contributed by atoms with Gasteiger partial charge in [-0.1, -0.05) is 0 Å². The van der Waals surface area contributed by atoms with Crippen LogP contribution in [0, 0.1) is 13.8 Å². The van der Waals surface area contributed by atoms with E-state index in [9.17, 15) is 9.90 Å². The number of aryl methyl sites for hydroxylation is 2. The van der Waals surface area contributed by atoms with Crippen molar-refractivity contribution >= 4 is 5.91 Å². The lowest BCUT2D eigenvalue weighted by atomic mass is 9.99. The summed E-state index contributed by atoms with van der Waals surface area (Å²) in [4.78, 5) is 14.6. The Balaban J connectivity index is 1.88. The Bertz CT molecular complexity index is 465. The van der Waals surface area contributed by atoms with Gasteiger partial charge in [0, 0.05) is 12.1 Å². The van der Waals surface area contributed by atoms with Crippen molar-refractivity contribution in [2.45, 2.75) is 57.7 Å². The minimum atomic E-state index is -0.237. The van der Waals surface area contributed by atoms with Crippen LogP contribution in [-0.2, 0) is 0 Å². The molecule has 4 heteroatoms. The van der Waals surface area contributed by atoms with Crippen LogP contribution in [0.4, 0.5) is 0 Å². The number of aliphatic hydroxyl groups excluding tert-OH is 1. The molecule has 1 N–H and O–H groups in total. The van der Waals surface area contributed by atoms with Crippen molar-refractivity contribution in [3.05, 3.63) is 23.2 Å². The van der Waals surface area contributed by atoms with E-state index < -0.39 is 0 Å². The van der Waals surface area contributed by atoms with Crippen molar-refractivity contribution in [2.24, 2.45) is 0 Å². The van der Waals surface area contributed by atoms with Crippen molar-refractivity contribution in [3.8, 4) is 0 Å². The monoisotopic (exact) mass is 249 g/mol. The number of furan rings is 1. The van der Waals surface area contributed by atoms with Gasteiger partial charge in [-0.15, -0.1) is 0 Å². The first kappa shape index (κ1) is 11.8. The number of hydrogen-bond donors (Lipinski definition) is 1. The predicted octanol–water partition coefficient (Wildman–Crippen LogP) is 2.02. The smallest absolute Gasteiger partial charge is 0.257 e. The molecule has 2 unspecified atom stereocenters. The molecule has 3 heterocycles. The molecule has 2 atom stereocenters. The summed E-state index contributed by atoms with van der Waals surface area (Å²) >= 11 is 0. The Labute approximate surface area is 107 Å². The molecule has 1 aromatic heterocycles. The quantitative estimate of drug-likeness (QED) is 0.828. The fourth-order valence-corrected chi connectivity index (χ4v) is 3.46. The van der Waals surface area contributed by atoms with Gasteiger partial charge in [-0.3, -0.25) is 4.79 Å². The number of piperidine rings is 1. The summed E-state index contributed by atoms with van der Waals surface area (Å²) in [5, 5.41) is 9.76. The molecule has 0 aromatic carbocycles. The molecule has 0 aliphatic carbocycles. The lowest BCUT2D eigenvalue weighted by molar-refractivity contribution is 0.0286. The van der Waals surface area contributed by atoms with Crippen LogP contribution in [0.3, 0.4) is 0 Å². The van der Waals surface area contributed by atoms with Gasteiger partial charge in [0.05, 0.1) is 11.7 Å². The summed E-state index contributed by atoms with van der Waals surface area (Å²) in [6.07, 6.45) is 3.24. The van der Waals surface area contributed by atoms with Crippen LogP contribution in [0.15, 0.2) is 10.5 Å². The zero-order valence-corrected chi connectivity index (χ0v) is 10.8. The van der Waals surface area contributed by atoms with E-state index >= 15 is 0 Å². The van der Waals surface area contributed by atoms with E-state index in [2.05, 4.69) is 0 Å². The molecule has 0 radical (unpaired) electrons. The summed E-state index contributed by atoms with van der Waals surface area (Å²) in [5.74, 6) is 1.55. The number of fused-ring (bicyclic) bond motifs is 2. The zero-order chi connectivity index (χ0) is 12.9. The van der Waals surface area contributed by atoms with Gasteiger partial charge in [-0.25, -0.2) is 0 Å². The van der Waals surface area contributed by atoms with E-state index in [0.717, 1.165) is 31.4 Å². The second kappa shape index (κ2) is 4.12. The largest absolute Gasteiger partial charge is 0.466 e. The molecule has 18 heavy (non-hydrogen) atoms. The van der Waals surface area contributed by atoms with Crippen LogP contribution >= 0.6 is 0 Å². The molecule has 98 valence electrons. The molecule has 2 saturated heterocycles. The maximum Gasteiger partial charge on any atom is 0.257 e. The van der Waals surface area contributed by atoms with Crippen LogP contribution in [0.1, 0.15) is 47.6 Å². The van der Waals surface area contributed by atoms with E-state index in [4.69, 9.17) is 4.42 Å². The maximum atomic E-state index is 12.6. The van der Waals surface area contributed by atoms with Crippen molar-refractivity contribution in [1.29, 1.82) is 0 Å². The number of rotatable bonds is 1. The minimum absolute atomic E-state index is 0.0729. The van der Waals surface area contributed by atoms with Gasteiger partial charge in [0.1, 0.15) is 11.5 Å². The molecule has 2 aliphatic rings. The summed E-state index contributed by atoms with van der Waals surface area (Å²) in [6.45, 7) is 3.69. The van der Waals surface area contributed by atoms with Crippen molar-refractivity contribution < 1.29 is 14.3 Å². The Morgan fingerprint density at radius 2 is 1.94 bits per heavy atom. The highest BCUT2D eigenvalue weighted by Crippen LogP contribution is 2.37. The topological polar surface area (TPSA) is 53.7 Å². The summed E-state index contributed by atoms with van der Waals surface area (Å²) < 4.78 is 5.44. The molecule has 4 nitrogen and oxygen atoms in total. The van der Waals surface area contributed by atoms with Gasteiger partial charge >= 0.3 is 0 Å². The average molecular weight is 249 g/mol. The van der Waals surface area contributed by atoms with Gasteiger partial charge in [0.25, 0.3) is 5.91 Å². The van der Waals surface area contributed by atoms with E-state index in [-0.39, 0.29) is 24.1 Å². The molecular weight excluding hydrogens is 230 g/mol. The Hall–Kier alpha value is -1.29. The molecular formula is C14H19NO3. The summed E-state index contributed by atoms with van der Waals surface area (Å²) in [7, 11) is 0. The van der Waals surface area contributed by atoms with E-state index in [1.54, 1.807) is 0 Å². The maximum absolute atomic E-state index is 12.6. The first-order valence-corrected chi connectivity index (χ1v) is 6.64. The number of nitrogens with zero attached hydrogens (tertiary/aromatic N) is 1. The third kappa shape index (κ3) is 1.75. The van der Waals surface area contributed by atoms with Gasteiger partial charge in [-0.2, -0.15) is 0 Å². The molecule has 1 aromatic rings. The van der Waals surface area contributed by atoms with Crippen LogP contribution < -0.4 is 0 Å².